The first kappa shape index (κ1) is 16.1. The van der Waals surface area contributed by atoms with E-state index in [1.807, 2.05) is 0 Å². The highest BCUT2D eigenvalue weighted by molar-refractivity contribution is 8.03. The summed E-state index contributed by atoms with van der Waals surface area (Å²) < 4.78 is 18.4. The number of allylic oxidation sites excluding steroid dienone is 2. The molecule has 6 nitrogen and oxygen atoms in total. The number of halogens is 1. The standard InChI is InChI=1S/C16H12FN3O3S/c1-23-10-7-8(3-4-9(10)17)20-13-14(21)11-12(19-6-5-18-11)15(22)16(13)24-2/h3-7,20H,1-2H3. The lowest BCUT2D eigenvalue weighted by Crippen LogP contribution is -2.27. The van der Waals surface area contributed by atoms with Crippen LogP contribution in [0.15, 0.2) is 41.2 Å². The molecule has 0 unspecified atom stereocenters. The molecular formula is C16H12FN3O3S. The normalized spacial score (nSPS) is 13.8. The number of aromatic nitrogens is 2. The average Bonchev–Trinajstić information content (AvgIpc) is 2.61. The van der Waals surface area contributed by atoms with Gasteiger partial charge in [-0.25, -0.2) is 14.4 Å². The molecule has 0 bridgehead atoms. The van der Waals surface area contributed by atoms with Crippen LogP contribution in [-0.4, -0.2) is 34.9 Å². The maximum atomic E-state index is 13.5. The topological polar surface area (TPSA) is 81.2 Å². The number of nitrogens with zero attached hydrogens (tertiary/aromatic N) is 2. The van der Waals surface area contributed by atoms with Gasteiger partial charge in [0, 0.05) is 24.1 Å². The largest absolute Gasteiger partial charge is 0.494 e. The molecule has 8 heteroatoms. The number of methoxy groups -OCH3 is 1. The number of carbonyl (C=O) groups is 2. The quantitative estimate of drug-likeness (QED) is 0.912. The van der Waals surface area contributed by atoms with E-state index in [-0.39, 0.29) is 33.5 Å². The minimum atomic E-state index is -0.524. The Balaban J connectivity index is 2.05. The third kappa shape index (κ3) is 2.65. The van der Waals surface area contributed by atoms with Gasteiger partial charge in [-0.05, 0) is 18.4 Å². The average molecular weight is 345 g/mol. The van der Waals surface area contributed by atoms with Crippen LogP contribution in [0.1, 0.15) is 21.0 Å². The number of hydrogen-bond acceptors (Lipinski definition) is 7. The fraction of sp³-hybridized carbons (Fsp3) is 0.125. The van der Waals surface area contributed by atoms with Crippen molar-refractivity contribution in [1.82, 2.24) is 9.97 Å². The maximum Gasteiger partial charge on any atom is 0.231 e. The summed E-state index contributed by atoms with van der Waals surface area (Å²) in [6.07, 6.45) is 4.41. The van der Waals surface area contributed by atoms with Crippen molar-refractivity contribution in [3.05, 3.63) is 58.4 Å². The molecule has 2 aromatic rings. The first-order chi connectivity index (χ1) is 11.6. The third-order valence-corrected chi connectivity index (χ3v) is 4.21. The summed E-state index contributed by atoms with van der Waals surface area (Å²) in [5.74, 6) is -1.31. The van der Waals surface area contributed by atoms with Crippen molar-refractivity contribution in [2.75, 3.05) is 18.7 Å². The van der Waals surface area contributed by atoms with Gasteiger partial charge in [0.05, 0.1) is 12.0 Å². The highest BCUT2D eigenvalue weighted by Gasteiger charge is 2.34. The Bertz CT molecular complexity index is 883. The molecule has 3 rings (SSSR count). The van der Waals surface area contributed by atoms with Crippen LogP contribution in [0, 0.1) is 5.82 Å². The Kier molecular flexibility index (Phi) is 4.30. The van der Waals surface area contributed by atoms with Crippen LogP contribution in [0.3, 0.4) is 0 Å². The van der Waals surface area contributed by atoms with Crippen molar-refractivity contribution < 1.29 is 18.7 Å². The Morgan fingerprint density at radius 2 is 1.79 bits per heavy atom. The third-order valence-electron chi connectivity index (χ3n) is 3.41. The number of nitrogens with one attached hydrogen (secondary N) is 1. The molecule has 122 valence electrons. The zero-order chi connectivity index (χ0) is 17.3. The second kappa shape index (κ2) is 6.40. The zero-order valence-corrected chi connectivity index (χ0v) is 13.6. The van der Waals surface area contributed by atoms with E-state index >= 15 is 0 Å². The second-order valence-corrected chi connectivity index (χ2v) is 5.61. The van der Waals surface area contributed by atoms with E-state index < -0.39 is 11.6 Å². The lowest BCUT2D eigenvalue weighted by atomic mass is 10.0. The molecule has 1 N–H and O–H groups in total. The lowest BCUT2D eigenvalue weighted by Gasteiger charge is -2.19. The fourth-order valence-corrected chi connectivity index (χ4v) is 2.93. The van der Waals surface area contributed by atoms with Crippen LogP contribution in [0.25, 0.3) is 0 Å². The van der Waals surface area contributed by atoms with Gasteiger partial charge in [0.2, 0.25) is 11.6 Å². The Morgan fingerprint density at radius 1 is 1.12 bits per heavy atom. The van der Waals surface area contributed by atoms with E-state index in [1.165, 1.54) is 37.7 Å². The molecule has 0 atom stereocenters. The van der Waals surface area contributed by atoms with Crippen LogP contribution in [0.4, 0.5) is 10.1 Å². The molecule has 1 aliphatic carbocycles. The molecule has 0 aliphatic heterocycles. The lowest BCUT2D eigenvalue weighted by molar-refractivity contribution is 0.0975. The number of benzene rings is 1. The monoisotopic (exact) mass is 345 g/mol. The van der Waals surface area contributed by atoms with E-state index in [1.54, 1.807) is 6.26 Å². The van der Waals surface area contributed by atoms with Crippen molar-refractivity contribution in [2.24, 2.45) is 0 Å². The minimum absolute atomic E-state index is 0.00289. The highest BCUT2D eigenvalue weighted by atomic mass is 32.2. The summed E-state index contributed by atoms with van der Waals surface area (Å²) in [4.78, 5) is 33.3. The molecule has 0 amide bonds. The summed E-state index contributed by atoms with van der Waals surface area (Å²) >= 11 is 1.14. The van der Waals surface area contributed by atoms with Gasteiger partial charge in [-0.2, -0.15) is 0 Å². The number of fused-ring (bicyclic) bond motifs is 1. The second-order valence-electron chi connectivity index (χ2n) is 4.79. The smallest absolute Gasteiger partial charge is 0.231 e. The first-order valence-electron chi connectivity index (χ1n) is 6.86. The predicted octanol–water partition coefficient (Wildman–Crippen LogP) is 2.69. The number of ether oxygens (including phenoxy) is 1. The molecule has 1 aliphatic rings. The zero-order valence-electron chi connectivity index (χ0n) is 12.8. The number of hydrogen-bond donors (Lipinski definition) is 1. The molecule has 1 aromatic carbocycles. The number of Topliss-reactive ketones (excluding diaryl/α,β-unsaturated/α-hetero) is 2. The van der Waals surface area contributed by atoms with Gasteiger partial charge >= 0.3 is 0 Å². The number of ketones is 2. The Hall–Kier alpha value is -2.74. The minimum Gasteiger partial charge on any atom is -0.494 e. The summed E-state index contributed by atoms with van der Waals surface area (Å²) in [5.41, 5.74) is 0.545. The number of rotatable bonds is 4. The number of carbonyl (C=O) groups excluding carboxylic acids is 2. The van der Waals surface area contributed by atoms with E-state index in [0.717, 1.165) is 11.8 Å². The van der Waals surface area contributed by atoms with Crippen molar-refractivity contribution >= 4 is 29.0 Å². The molecular weight excluding hydrogens is 333 g/mol. The van der Waals surface area contributed by atoms with Crippen LogP contribution in [-0.2, 0) is 0 Å². The van der Waals surface area contributed by atoms with Gasteiger partial charge in [-0.1, -0.05) is 0 Å². The molecule has 0 radical (unpaired) electrons. The van der Waals surface area contributed by atoms with Crippen molar-refractivity contribution in [2.45, 2.75) is 0 Å². The molecule has 24 heavy (non-hydrogen) atoms. The van der Waals surface area contributed by atoms with Crippen LogP contribution in [0.2, 0.25) is 0 Å². The summed E-state index contributed by atoms with van der Waals surface area (Å²) in [7, 11) is 1.34. The Morgan fingerprint density at radius 3 is 2.42 bits per heavy atom. The molecule has 0 saturated heterocycles. The maximum absolute atomic E-state index is 13.5. The van der Waals surface area contributed by atoms with Crippen molar-refractivity contribution in [3.8, 4) is 5.75 Å². The van der Waals surface area contributed by atoms with Crippen molar-refractivity contribution in [3.63, 3.8) is 0 Å². The first-order valence-corrected chi connectivity index (χ1v) is 8.08. The van der Waals surface area contributed by atoms with Gasteiger partial charge < -0.3 is 10.1 Å². The van der Waals surface area contributed by atoms with Gasteiger partial charge in [0.25, 0.3) is 0 Å². The summed E-state index contributed by atoms with van der Waals surface area (Å²) in [6, 6.07) is 4.07. The predicted molar refractivity (Wildman–Crippen MR) is 87.8 cm³/mol. The number of anilines is 1. The molecule has 0 spiro atoms. The highest BCUT2D eigenvalue weighted by Crippen LogP contribution is 2.31. The van der Waals surface area contributed by atoms with Crippen LogP contribution in [0.5, 0.6) is 5.75 Å². The summed E-state index contributed by atoms with van der Waals surface area (Å²) in [6.45, 7) is 0. The molecule has 1 aromatic heterocycles. The van der Waals surface area contributed by atoms with E-state index in [9.17, 15) is 14.0 Å². The van der Waals surface area contributed by atoms with Gasteiger partial charge in [0.1, 0.15) is 17.1 Å². The van der Waals surface area contributed by atoms with Gasteiger partial charge in [-0.15, -0.1) is 11.8 Å². The van der Waals surface area contributed by atoms with Crippen LogP contribution >= 0.6 is 11.8 Å². The molecule has 0 saturated carbocycles. The van der Waals surface area contributed by atoms with E-state index in [4.69, 9.17) is 4.74 Å². The fourth-order valence-electron chi connectivity index (χ4n) is 2.30. The van der Waals surface area contributed by atoms with Crippen LogP contribution < -0.4 is 10.1 Å². The van der Waals surface area contributed by atoms with Gasteiger partial charge in [0.15, 0.2) is 11.6 Å². The van der Waals surface area contributed by atoms with Crippen molar-refractivity contribution in [1.29, 1.82) is 0 Å². The molecule has 0 fully saturated rings. The Labute approximate surface area is 141 Å². The SMILES string of the molecule is COc1cc(NC2=C(SC)C(=O)c3nccnc3C2=O)ccc1F. The summed E-state index contributed by atoms with van der Waals surface area (Å²) in [5, 5.41) is 2.88. The molecule has 1 heterocycles. The number of thioether (sulfide) groups is 1. The van der Waals surface area contributed by atoms with E-state index in [2.05, 4.69) is 15.3 Å². The van der Waals surface area contributed by atoms with E-state index in [0.29, 0.717) is 5.69 Å². The van der Waals surface area contributed by atoms with Gasteiger partial charge in [-0.3, -0.25) is 9.59 Å².